The maximum Gasteiger partial charge on any atom is 0.185 e. The van der Waals surface area contributed by atoms with Crippen molar-refractivity contribution in [3.8, 4) is 0 Å². The van der Waals surface area contributed by atoms with Gasteiger partial charge in [0.1, 0.15) is 0 Å². The number of thiazole rings is 1. The second-order valence-electron chi connectivity index (χ2n) is 7.47. The molecule has 1 rings (SSSR count). The average Bonchev–Trinajstić information content (AvgIpc) is 2.59. The van der Waals surface area contributed by atoms with E-state index in [1.54, 1.807) is 0 Å². The van der Waals surface area contributed by atoms with Crippen molar-refractivity contribution in [2.45, 2.75) is 53.5 Å². The molecule has 0 radical (unpaired) electrons. The van der Waals surface area contributed by atoms with Gasteiger partial charge in [-0.05, 0) is 12.5 Å². The fourth-order valence-corrected chi connectivity index (χ4v) is 3.39. The van der Waals surface area contributed by atoms with E-state index in [1.807, 2.05) is 18.4 Å². The lowest BCUT2D eigenvalue weighted by Gasteiger charge is -2.26. The van der Waals surface area contributed by atoms with Crippen molar-refractivity contribution in [1.29, 1.82) is 0 Å². The highest BCUT2D eigenvalue weighted by molar-refractivity contribution is 7.15. The predicted molar refractivity (Wildman–Crippen MR) is 86.3 cm³/mol. The Morgan fingerprint density at radius 2 is 1.74 bits per heavy atom. The van der Waals surface area contributed by atoms with Crippen LogP contribution in [0.15, 0.2) is 0 Å². The molecule has 4 heteroatoms. The molecule has 0 fully saturated rings. The van der Waals surface area contributed by atoms with Crippen molar-refractivity contribution >= 4 is 16.5 Å². The Morgan fingerprint density at radius 1 is 1.16 bits per heavy atom. The first-order chi connectivity index (χ1) is 8.54. The van der Waals surface area contributed by atoms with Crippen molar-refractivity contribution < 1.29 is 0 Å². The molecule has 0 aromatic carbocycles. The Bertz CT molecular complexity index is 410. The van der Waals surface area contributed by atoms with E-state index in [0.29, 0.717) is 0 Å². The standard InChI is InChI=1S/C15H29N3S/c1-14(2,3)10-18(8)13-17-12(15(4,5)6)11(19-13)9-16-7/h16H,9-10H2,1-8H3. The first kappa shape index (κ1) is 16.4. The van der Waals surface area contributed by atoms with Crippen LogP contribution in [0.25, 0.3) is 0 Å². The Morgan fingerprint density at radius 3 is 2.16 bits per heavy atom. The first-order valence-electron chi connectivity index (χ1n) is 6.90. The van der Waals surface area contributed by atoms with E-state index >= 15 is 0 Å². The molecule has 0 atom stereocenters. The summed E-state index contributed by atoms with van der Waals surface area (Å²) in [4.78, 5) is 8.52. The fourth-order valence-electron chi connectivity index (χ4n) is 2.15. The third-order valence-corrected chi connectivity index (χ3v) is 3.94. The second-order valence-corrected chi connectivity index (χ2v) is 8.53. The molecule has 1 aromatic rings. The van der Waals surface area contributed by atoms with Crippen molar-refractivity contribution in [1.82, 2.24) is 10.3 Å². The van der Waals surface area contributed by atoms with Crippen LogP contribution in [0, 0.1) is 5.41 Å². The van der Waals surface area contributed by atoms with Crippen molar-refractivity contribution in [3.05, 3.63) is 10.6 Å². The summed E-state index contributed by atoms with van der Waals surface area (Å²) in [7, 11) is 4.13. The van der Waals surface area contributed by atoms with Crippen LogP contribution in [0.1, 0.15) is 52.1 Å². The van der Waals surface area contributed by atoms with Crippen LogP contribution in [0.5, 0.6) is 0 Å². The zero-order valence-electron chi connectivity index (χ0n) is 13.7. The largest absolute Gasteiger partial charge is 0.351 e. The Kier molecular flexibility index (Phi) is 5.02. The lowest BCUT2D eigenvalue weighted by atomic mass is 9.91. The molecule has 0 amide bonds. The molecular formula is C15H29N3S. The number of nitrogens with one attached hydrogen (secondary N) is 1. The molecule has 0 spiro atoms. The first-order valence-corrected chi connectivity index (χ1v) is 7.72. The van der Waals surface area contributed by atoms with Gasteiger partial charge in [-0.3, -0.25) is 0 Å². The third kappa shape index (κ3) is 4.77. The number of rotatable bonds is 4. The molecule has 0 saturated carbocycles. The number of hydrogen-bond donors (Lipinski definition) is 1. The highest BCUT2D eigenvalue weighted by atomic mass is 32.1. The normalized spacial score (nSPS) is 12.8. The second kappa shape index (κ2) is 5.80. The van der Waals surface area contributed by atoms with Gasteiger partial charge in [0.25, 0.3) is 0 Å². The lowest BCUT2D eigenvalue weighted by molar-refractivity contribution is 0.418. The van der Waals surface area contributed by atoms with Crippen LogP contribution in [-0.4, -0.2) is 25.6 Å². The fraction of sp³-hybridized carbons (Fsp3) is 0.800. The van der Waals surface area contributed by atoms with Crippen LogP contribution in [0.3, 0.4) is 0 Å². The van der Waals surface area contributed by atoms with Gasteiger partial charge in [-0.25, -0.2) is 4.98 Å². The summed E-state index contributed by atoms with van der Waals surface area (Å²) < 4.78 is 0. The molecule has 110 valence electrons. The van der Waals surface area contributed by atoms with Gasteiger partial charge in [-0.15, -0.1) is 11.3 Å². The van der Waals surface area contributed by atoms with Gasteiger partial charge >= 0.3 is 0 Å². The summed E-state index contributed by atoms with van der Waals surface area (Å²) in [5.41, 5.74) is 1.61. The SMILES string of the molecule is CNCc1sc(N(C)CC(C)(C)C)nc1C(C)(C)C. The van der Waals surface area contributed by atoms with Gasteiger partial charge in [0, 0.05) is 30.4 Å². The number of anilines is 1. The number of nitrogens with zero attached hydrogens (tertiary/aromatic N) is 2. The van der Waals surface area contributed by atoms with Crippen LogP contribution in [0.4, 0.5) is 5.13 Å². The van der Waals surface area contributed by atoms with Gasteiger partial charge in [0.05, 0.1) is 5.69 Å². The van der Waals surface area contributed by atoms with E-state index in [1.165, 1.54) is 10.6 Å². The third-order valence-electron chi connectivity index (χ3n) is 2.77. The molecule has 0 bridgehead atoms. The topological polar surface area (TPSA) is 28.2 Å². The molecule has 3 nitrogen and oxygen atoms in total. The van der Waals surface area contributed by atoms with Crippen molar-refractivity contribution in [3.63, 3.8) is 0 Å². The van der Waals surface area contributed by atoms with Crippen molar-refractivity contribution in [2.24, 2.45) is 5.41 Å². The van der Waals surface area contributed by atoms with E-state index < -0.39 is 0 Å². The minimum atomic E-state index is 0.101. The Hall–Kier alpha value is -0.610. The van der Waals surface area contributed by atoms with Crippen LogP contribution >= 0.6 is 11.3 Å². The monoisotopic (exact) mass is 283 g/mol. The van der Waals surface area contributed by atoms with Crippen LogP contribution in [0.2, 0.25) is 0 Å². The summed E-state index contributed by atoms with van der Waals surface area (Å²) >= 11 is 1.81. The number of hydrogen-bond acceptors (Lipinski definition) is 4. The van der Waals surface area contributed by atoms with E-state index in [-0.39, 0.29) is 10.8 Å². The van der Waals surface area contributed by atoms with Gasteiger partial charge < -0.3 is 10.2 Å². The summed E-state index contributed by atoms with van der Waals surface area (Å²) in [5.74, 6) is 0. The van der Waals surface area contributed by atoms with Gasteiger partial charge in [0.15, 0.2) is 5.13 Å². The molecule has 0 aliphatic carbocycles. The number of aromatic nitrogens is 1. The minimum absolute atomic E-state index is 0.101. The molecule has 0 saturated heterocycles. The average molecular weight is 283 g/mol. The summed E-state index contributed by atoms with van der Waals surface area (Å²) in [6, 6.07) is 0. The molecule has 0 aliphatic heterocycles. The summed E-state index contributed by atoms with van der Waals surface area (Å²) in [5, 5.41) is 4.38. The molecule has 1 N–H and O–H groups in total. The molecule has 0 aliphatic rings. The zero-order chi connectivity index (χ0) is 14.8. The molecular weight excluding hydrogens is 254 g/mol. The highest BCUT2D eigenvalue weighted by Gasteiger charge is 2.25. The predicted octanol–water partition coefficient (Wildman–Crippen LogP) is 3.64. The Labute approximate surface area is 122 Å². The summed E-state index contributed by atoms with van der Waals surface area (Å²) in [6.07, 6.45) is 0. The molecule has 19 heavy (non-hydrogen) atoms. The minimum Gasteiger partial charge on any atom is -0.351 e. The smallest absolute Gasteiger partial charge is 0.185 e. The van der Waals surface area contributed by atoms with E-state index in [9.17, 15) is 0 Å². The van der Waals surface area contributed by atoms with E-state index in [0.717, 1.165) is 18.2 Å². The zero-order valence-corrected chi connectivity index (χ0v) is 14.5. The quantitative estimate of drug-likeness (QED) is 0.914. The van der Waals surface area contributed by atoms with Gasteiger partial charge in [-0.2, -0.15) is 0 Å². The Balaban J connectivity index is 3.04. The molecule has 1 aromatic heterocycles. The maximum absolute atomic E-state index is 4.89. The summed E-state index contributed by atoms with van der Waals surface area (Å²) in [6.45, 7) is 15.4. The lowest BCUT2D eigenvalue weighted by Crippen LogP contribution is -2.29. The highest BCUT2D eigenvalue weighted by Crippen LogP contribution is 2.34. The molecule has 0 unspecified atom stereocenters. The van der Waals surface area contributed by atoms with Crippen LogP contribution < -0.4 is 10.2 Å². The molecule has 1 heterocycles. The van der Waals surface area contributed by atoms with Crippen molar-refractivity contribution in [2.75, 3.05) is 25.5 Å². The van der Waals surface area contributed by atoms with Gasteiger partial charge in [-0.1, -0.05) is 41.5 Å². The van der Waals surface area contributed by atoms with Gasteiger partial charge in [0.2, 0.25) is 0 Å². The maximum atomic E-state index is 4.89. The van der Waals surface area contributed by atoms with E-state index in [2.05, 4.69) is 58.8 Å². The van der Waals surface area contributed by atoms with Crippen LogP contribution in [-0.2, 0) is 12.0 Å². The van der Waals surface area contributed by atoms with E-state index in [4.69, 9.17) is 4.98 Å².